The Morgan fingerprint density at radius 1 is 1.03 bits per heavy atom. The Bertz CT molecular complexity index is 1030. The molecule has 6 heteroatoms. The topological polar surface area (TPSA) is 66.5 Å². The second kappa shape index (κ2) is 8.06. The zero-order valence-corrected chi connectivity index (χ0v) is 18.7. The quantitative estimate of drug-likeness (QED) is 0.753. The molecule has 2 aliphatic carbocycles. The molecule has 2 saturated carbocycles. The van der Waals surface area contributed by atoms with E-state index in [1.54, 1.807) is 12.1 Å². The van der Waals surface area contributed by atoms with E-state index in [4.69, 9.17) is 0 Å². The number of carbonyl (C=O) groups is 1. The molecule has 0 spiro atoms. The summed E-state index contributed by atoms with van der Waals surface area (Å²) in [5.74, 6) is 1.39. The Kier molecular flexibility index (Phi) is 5.62. The first kappa shape index (κ1) is 20.9. The normalized spacial score (nSPS) is 22.8. The number of hydrogen-bond acceptors (Lipinski definition) is 3. The number of rotatable bonds is 6. The average molecular weight is 427 g/mol. The molecule has 2 fully saturated rings. The predicted molar refractivity (Wildman–Crippen MR) is 120 cm³/mol. The van der Waals surface area contributed by atoms with Crippen molar-refractivity contribution in [2.75, 3.05) is 10.6 Å². The molecule has 0 aliphatic heterocycles. The van der Waals surface area contributed by atoms with E-state index >= 15 is 0 Å². The van der Waals surface area contributed by atoms with Gasteiger partial charge in [0.2, 0.25) is 10.0 Å². The van der Waals surface area contributed by atoms with E-state index in [2.05, 4.69) is 5.32 Å². The average Bonchev–Trinajstić information content (AvgIpc) is 3.30. The standard InChI is InChI=1S/C24H30N2O3S/c1-16-5-4-6-17(2)23(16)26(30(3,28)29)15-18-7-10-20(11-8-18)24(27)25-22-14-19-9-12-21(22)13-19/h4-8,10-11,19,21-22H,9,12-15H2,1-3H3,(H,25,27)/t19-,21-,22+/m0/s1. The molecule has 2 bridgehead atoms. The molecule has 1 N–H and O–H groups in total. The van der Waals surface area contributed by atoms with Crippen molar-refractivity contribution in [2.45, 2.75) is 52.1 Å². The van der Waals surface area contributed by atoms with Crippen molar-refractivity contribution in [1.29, 1.82) is 0 Å². The molecule has 0 unspecified atom stereocenters. The summed E-state index contributed by atoms with van der Waals surface area (Å²) in [7, 11) is -3.45. The highest BCUT2D eigenvalue weighted by molar-refractivity contribution is 7.92. The number of nitrogens with one attached hydrogen (secondary N) is 1. The number of anilines is 1. The van der Waals surface area contributed by atoms with E-state index < -0.39 is 10.0 Å². The summed E-state index contributed by atoms with van der Waals surface area (Å²) in [5, 5.41) is 3.21. The van der Waals surface area contributed by atoms with Gasteiger partial charge in [0.05, 0.1) is 18.5 Å². The lowest BCUT2D eigenvalue weighted by Crippen LogP contribution is -2.38. The van der Waals surface area contributed by atoms with Gasteiger partial charge in [0.25, 0.3) is 5.91 Å². The van der Waals surface area contributed by atoms with Crippen molar-refractivity contribution >= 4 is 21.6 Å². The highest BCUT2D eigenvalue weighted by atomic mass is 32.2. The molecule has 30 heavy (non-hydrogen) atoms. The number of amides is 1. The lowest BCUT2D eigenvalue weighted by Gasteiger charge is -2.26. The molecule has 1 amide bonds. The van der Waals surface area contributed by atoms with Crippen LogP contribution in [0.1, 0.15) is 52.7 Å². The maximum atomic E-state index is 12.7. The summed E-state index contributed by atoms with van der Waals surface area (Å²) in [6.45, 7) is 4.08. The van der Waals surface area contributed by atoms with Gasteiger partial charge in [-0.15, -0.1) is 0 Å². The molecule has 2 aliphatic rings. The number of aryl methyl sites for hydroxylation is 2. The summed E-state index contributed by atoms with van der Waals surface area (Å²) in [5.41, 5.74) is 4.03. The number of fused-ring (bicyclic) bond motifs is 2. The molecule has 0 saturated heterocycles. The van der Waals surface area contributed by atoms with E-state index in [1.165, 1.54) is 29.8 Å². The summed E-state index contributed by atoms with van der Waals surface area (Å²) >= 11 is 0. The first-order chi connectivity index (χ1) is 14.2. The summed E-state index contributed by atoms with van der Waals surface area (Å²) in [6.07, 6.45) is 6.13. The zero-order valence-electron chi connectivity index (χ0n) is 17.9. The maximum Gasteiger partial charge on any atom is 0.251 e. The highest BCUT2D eigenvalue weighted by Gasteiger charge is 2.40. The van der Waals surface area contributed by atoms with Crippen molar-refractivity contribution in [3.8, 4) is 0 Å². The Balaban J connectivity index is 1.49. The molecule has 3 atom stereocenters. The first-order valence-electron chi connectivity index (χ1n) is 10.7. The molecule has 0 heterocycles. The van der Waals surface area contributed by atoms with Crippen molar-refractivity contribution in [1.82, 2.24) is 5.32 Å². The van der Waals surface area contributed by atoms with Crippen molar-refractivity contribution in [3.05, 3.63) is 64.7 Å². The molecular formula is C24H30N2O3S. The monoisotopic (exact) mass is 426 g/mol. The Morgan fingerprint density at radius 2 is 1.70 bits per heavy atom. The molecular weight excluding hydrogens is 396 g/mol. The fourth-order valence-electron chi connectivity index (χ4n) is 5.16. The fourth-order valence-corrected chi connectivity index (χ4v) is 6.16. The number of nitrogens with zero attached hydrogens (tertiary/aromatic N) is 1. The molecule has 0 radical (unpaired) electrons. The highest BCUT2D eigenvalue weighted by Crippen LogP contribution is 2.44. The van der Waals surface area contributed by atoms with Crippen LogP contribution in [0.2, 0.25) is 0 Å². The summed E-state index contributed by atoms with van der Waals surface area (Å²) < 4.78 is 26.5. The van der Waals surface area contributed by atoms with Gasteiger partial charge in [-0.3, -0.25) is 9.10 Å². The summed E-state index contributed by atoms with van der Waals surface area (Å²) in [4.78, 5) is 12.7. The van der Waals surface area contributed by atoms with Crippen LogP contribution in [-0.4, -0.2) is 26.6 Å². The van der Waals surface area contributed by atoms with Gasteiger partial charge in [0.15, 0.2) is 0 Å². The van der Waals surface area contributed by atoms with E-state index in [0.717, 1.165) is 34.7 Å². The minimum Gasteiger partial charge on any atom is -0.349 e. The van der Waals surface area contributed by atoms with Crippen LogP contribution in [0.25, 0.3) is 0 Å². The van der Waals surface area contributed by atoms with Crippen LogP contribution in [0.3, 0.4) is 0 Å². The number of sulfonamides is 1. The number of carbonyl (C=O) groups excluding carboxylic acids is 1. The van der Waals surface area contributed by atoms with Crippen LogP contribution in [0.4, 0.5) is 5.69 Å². The second-order valence-electron chi connectivity index (χ2n) is 8.96. The summed E-state index contributed by atoms with van der Waals surface area (Å²) in [6, 6.07) is 13.4. The van der Waals surface area contributed by atoms with Gasteiger partial charge in [0, 0.05) is 11.6 Å². The predicted octanol–water partition coefficient (Wildman–Crippen LogP) is 4.19. The maximum absolute atomic E-state index is 12.7. The van der Waals surface area contributed by atoms with Crippen LogP contribution in [-0.2, 0) is 16.6 Å². The van der Waals surface area contributed by atoms with Gasteiger partial charge in [-0.1, -0.05) is 36.8 Å². The number of hydrogen-bond donors (Lipinski definition) is 1. The van der Waals surface area contributed by atoms with E-state index in [1.807, 2.05) is 44.2 Å². The third-order valence-electron chi connectivity index (χ3n) is 6.69. The number of para-hydroxylation sites is 1. The van der Waals surface area contributed by atoms with Crippen LogP contribution in [0.15, 0.2) is 42.5 Å². The smallest absolute Gasteiger partial charge is 0.251 e. The minimum absolute atomic E-state index is 0.0335. The molecule has 4 rings (SSSR count). The van der Waals surface area contributed by atoms with Gasteiger partial charge in [0.1, 0.15) is 0 Å². The van der Waals surface area contributed by atoms with Gasteiger partial charge in [-0.25, -0.2) is 8.42 Å². The van der Waals surface area contributed by atoms with Crippen LogP contribution in [0, 0.1) is 25.7 Å². The van der Waals surface area contributed by atoms with E-state index in [9.17, 15) is 13.2 Å². The Labute approximate surface area is 179 Å². The van der Waals surface area contributed by atoms with Gasteiger partial charge >= 0.3 is 0 Å². The van der Waals surface area contributed by atoms with Crippen molar-refractivity contribution in [2.24, 2.45) is 11.8 Å². The van der Waals surface area contributed by atoms with Crippen molar-refractivity contribution < 1.29 is 13.2 Å². The first-order valence-corrected chi connectivity index (χ1v) is 12.5. The lowest BCUT2D eigenvalue weighted by molar-refractivity contribution is 0.0923. The molecule has 0 aromatic heterocycles. The SMILES string of the molecule is Cc1cccc(C)c1N(Cc1ccc(C(=O)N[C@@H]2C[C@H]3CC[C@H]2C3)cc1)S(C)(=O)=O. The van der Waals surface area contributed by atoms with Crippen LogP contribution >= 0.6 is 0 Å². The van der Waals surface area contributed by atoms with Crippen molar-refractivity contribution in [3.63, 3.8) is 0 Å². The van der Waals surface area contributed by atoms with Gasteiger partial charge in [-0.2, -0.15) is 0 Å². The van der Waals surface area contributed by atoms with E-state index in [0.29, 0.717) is 17.5 Å². The third kappa shape index (κ3) is 4.24. The lowest BCUT2D eigenvalue weighted by atomic mass is 9.95. The van der Waals surface area contributed by atoms with Gasteiger partial charge in [-0.05, 0) is 73.8 Å². The Morgan fingerprint density at radius 3 is 2.23 bits per heavy atom. The zero-order chi connectivity index (χ0) is 21.5. The fraction of sp³-hybridized carbons (Fsp3) is 0.458. The van der Waals surface area contributed by atoms with E-state index in [-0.39, 0.29) is 12.5 Å². The molecule has 160 valence electrons. The largest absolute Gasteiger partial charge is 0.349 e. The third-order valence-corrected chi connectivity index (χ3v) is 7.80. The minimum atomic E-state index is -3.45. The second-order valence-corrected chi connectivity index (χ2v) is 10.9. The van der Waals surface area contributed by atoms with Crippen LogP contribution < -0.4 is 9.62 Å². The Hall–Kier alpha value is -2.34. The van der Waals surface area contributed by atoms with Gasteiger partial charge < -0.3 is 5.32 Å². The molecule has 2 aromatic carbocycles. The number of benzene rings is 2. The van der Waals surface area contributed by atoms with Crippen LogP contribution in [0.5, 0.6) is 0 Å². The molecule has 2 aromatic rings. The molecule has 5 nitrogen and oxygen atoms in total.